The van der Waals surface area contributed by atoms with Crippen molar-refractivity contribution in [2.24, 2.45) is 5.18 Å². The van der Waals surface area contributed by atoms with Crippen LogP contribution in [0.25, 0.3) is 11.2 Å². The Bertz CT molecular complexity index is 1810. The van der Waals surface area contributed by atoms with E-state index in [1.165, 1.54) is 18.3 Å². The summed E-state index contributed by atoms with van der Waals surface area (Å²) in [5.41, 5.74) is 6.83. The second kappa shape index (κ2) is 18.3. The van der Waals surface area contributed by atoms with E-state index < -0.39 is 25.2 Å². The number of aromatic nitrogens is 4. The molecule has 3 heterocycles. The minimum Gasteiger partial charge on any atom is -0.438 e. The minimum atomic E-state index is -3.54. The predicted molar refractivity (Wildman–Crippen MR) is 184 cm³/mol. The van der Waals surface area contributed by atoms with Gasteiger partial charge in [0, 0.05) is 48.0 Å². The minimum absolute atomic E-state index is 0.0421. The molecule has 6 N–H and O–H groups in total. The first-order chi connectivity index (χ1) is 23.7. The number of unbranched alkanes of at least 4 members (excludes halogenated alkanes) is 1. The number of carbonyl (C=O) groups excluding carboxylic acids is 2. The molecule has 0 spiro atoms. The van der Waals surface area contributed by atoms with Gasteiger partial charge in [-0.05, 0) is 56.0 Å². The van der Waals surface area contributed by atoms with Crippen LogP contribution >= 0.6 is 19.3 Å². The number of nitrogen functional groups attached to an aromatic ring is 1. The molecule has 0 aliphatic carbocycles. The van der Waals surface area contributed by atoms with Crippen molar-refractivity contribution < 1.29 is 23.1 Å². The zero-order chi connectivity index (χ0) is 35.2. The van der Waals surface area contributed by atoms with Gasteiger partial charge >= 0.3 is 7.67 Å². The van der Waals surface area contributed by atoms with Crippen LogP contribution in [0.2, 0.25) is 0 Å². The number of amides is 1. The number of aldehydes is 1. The molecule has 3 aromatic heterocycles. The highest BCUT2D eigenvalue weighted by atomic mass is 35.5. The predicted octanol–water partition coefficient (Wildman–Crippen LogP) is 4.23. The van der Waals surface area contributed by atoms with Gasteiger partial charge < -0.3 is 25.6 Å². The number of H-pyrrole nitrogens is 1. The van der Waals surface area contributed by atoms with Gasteiger partial charge in [-0.3, -0.25) is 23.7 Å². The Labute approximate surface area is 286 Å². The fourth-order valence-corrected chi connectivity index (χ4v) is 7.07. The third-order valence-electron chi connectivity index (χ3n) is 7.16. The maximum absolute atomic E-state index is 13.9. The van der Waals surface area contributed by atoms with E-state index in [1.807, 2.05) is 6.92 Å². The summed E-state index contributed by atoms with van der Waals surface area (Å²) in [6.45, 7) is 3.17. The average molecular weight is 717 g/mol. The first-order valence-corrected chi connectivity index (χ1v) is 17.6. The zero-order valence-electron chi connectivity index (χ0n) is 26.8. The van der Waals surface area contributed by atoms with Crippen molar-refractivity contribution in [3.05, 3.63) is 74.9 Å². The Morgan fingerprint density at radius 2 is 2.00 bits per heavy atom. The number of nitrogens with two attached hydrogens (primary N) is 1. The third-order valence-corrected chi connectivity index (χ3v) is 9.57. The van der Waals surface area contributed by atoms with Crippen molar-refractivity contribution >= 4 is 60.1 Å². The lowest BCUT2D eigenvalue weighted by atomic mass is 10.1. The van der Waals surface area contributed by atoms with Gasteiger partial charge in [-0.2, -0.15) is 4.98 Å². The van der Waals surface area contributed by atoms with E-state index in [4.69, 9.17) is 26.3 Å². The molecule has 4 aromatic rings. The second-order valence-electron chi connectivity index (χ2n) is 10.8. The quantitative estimate of drug-likeness (QED) is 0.0267. The number of hydrogen-bond acceptors (Lipinski definition) is 13. The Balaban J connectivity index is 1.24. The van der Waals surface area contributed by atoms with Crippen molar-refractivity contribution in [3.8, 4) is 0 Å². The Hall–Kier alpha value is -4.54. The van der Waals surface area contributed by atoms with Crippen LogP contribution in [0, 0.1) is 4.91 Å². The molecule has 0 aliphatic rings. The molecule has 4 rings (SSSR count). The number of nitrogens with zero attached hydrogens (tertiary/aromatic N) is 5. The van der Waals surface area contributed by atoms with Gasteiger partial charge in [-0.1, -0.05) is 6.92 Å². The molecule has 17 nitrogen and oxygen atoms in total. The van der Waals surface area contributed by atoms with Gasteiger partial charge in [-0.15, -0.1) is 16.5 Å². The van der Waals surface area contributed by atoms with E-state index in [0.29, 0.717) is 74.3 Å². The molecular weight excluding hydrogens is 679 g/mol. The van der Waals surface area contributed by atoms with E-state index in [-0.39, 0.29) is 42.0 Å². The van der Waals surface area contributed by atoms with E-state index in [0.717, 1.165) is 0 Å². The Kier molecular flexibility index (Phi) is 13.9. The SMILES string of the molecule is CCCN(CCCl)P(=O)(NCCCC[C@@H](C=O)NC(=O)c1ccc(NCc2cnc3nc(N)[nH]c(=O)c3n2)cc1)OCc1ccc(N=O)o1. The number of nitrogens with one attached hydrogen (secondary N) is 4. The van der Waals surface area contributed by atoms with Gasteiger partial charge in [0.05, 0.1) is 24.5 Å². The third kappa shape index (κ3) is 10.7. The topological polar surface area (TPSA) is 240 Å². The van der Waals surface area contributed by atoms with E-state index in [9.17, 15) is 23.9 Å². The fourth-order valence-electron chi connectivity index (χ4n) is 4.73. The van der Waals surface area contributed by atoms with Gasteiger partial charge in [-0.25, -0.2) is 19.7 Å². The number of alkyl halides is 1. The summed E-state index contributed by atoms with van der Waals surface area (Å²) in [6.07, 6.45) is 4.33. The van der Waals surface area contributed by atoms with Crippen LogP contribution in [0.4, 0.5) is 17.5 Å². The second-order valence-corrected chi connectivity index (χ2v) is 13.4. The van der Waals surface area contributed by atoms with Crippen LogP contribution in [0.1, 0.15) is 54.4 Å². The van der Waals surface area contributed by atoms with Gasteiger partial charge in [0.2, 0.25) is 5.95 Å². The number of benzene rings is 1. The first-order valence-electron chi connectivity index (χ1n) is 15.5. The number of aromatic amines is 1. The molecule has 2 atom stereocenters. The van der Waals surface area contributed by atoms with Gasteiger partial charge in [0.1, 0.15) is 18.7 Å². The summed E-state index contributed by atoms with van der Waals surface area (Å²) >= 11 is 5.97. The molecule has 1 amide bonds. The van der Waals surface area contributed by atoms with Crippen molar-refractivity contribution in [1.82, 2.24) is 35.0 Å². The number of furan rings is 1. The molecule has 262 valence electrons. The van der Waals surface area contributed by atoms with Gasteiger partial charge in [0.15, 0.2) is 11.2 Å². The van der Waals surface area contributed by atoms with E-state index >= 15 is 0 Å². The lowest BCUT2D eigenvalue weighted by molar-refractivity contribution is -0.109. The number of anilines is 2. The average Bonchev–Trinajstić information content (AvgIpc) is 3.57. The summed E-state index contributed by atoms with van der Waals surface area (Å²) in [5.74, 6) is -0.0119. The van der Waals surface area contributed by atoms with Crippen molar-refractivity contribution in [1.29, 1.82) is 0 Å². The summed E-state index contributed by atoms with van der Waals surface area (Å²) in [7, 11) is -3.54. The van der Waals surface area contributed by atoms with Crippen LogP contribution in [-0.2, 0) is 27.0 Å². The molecule has 0 saturated heterocycles. The highest BCUT2D eigenvalue weighted by molar-refractivity contribution is 7.54. The van der Waals surface area contributed by atoms with Crippen LogP contribution in [-0.4, -0.2) is 68.4 Å². The smallest absolute Gasteiger partial charge is 0.343 e. The molecule has 1 aromatic carbocycles. The van der Waals surface area contributed by atoms with Crippen molar-refractivity contribution in [3.63, 3.8) is 0 Å². The van der Waals surface area contributed by atoms with Gasteiger partial charge in [0.25, 0.3) is 17.4 Å². The lowest BCUT2D eigenvalue weighted by Crippen LogP contribution is -2.36. The molecule has 0 saturated carbocycles. The molecule has 0 aliphatic heterocycles. The maximum atomic E-state index is 13.9. The van der Waals surface area contributed by atoms with Crippen LogP contribution in [0.5, 0.6) is 0 Å². The Morgan fingerprint density at radius 1 is 1.20 bits per heavy atom. The molecule has 49 heavy (non-hydrogen) atoms. The van der Waals surface area contributed by atoms with Crippen molar-refractivity contribution in [2.45, 2.75) is 51.8 Å². The van der Waals surface area contributed by atoms with Crippen LogP contribution < -0.4 is 27.0 Å². The van der Waals surface area contributed by atoms with Crippen LogP contribution in [0.15, 0.2) is 57.0 Å². The Morgan fingerprint density at radius 3 is 2.69 bits per heavy atom. The molecule has 0 fully saturated rings. The normalized spacial score (nSPS) is 13.2. The highest BCUT2D eigenvalue weighted by Crippen LogP contribution is 2.47. The number of fused-ring (bicyclic) bond motifs is 1. The lowest BCUT2D eigenvalue weighted by Gasteiger charge is -2.30. The molecule has 0 radical (unpaired) electrons. The molecule has 0 bridgehead atoms. The molecular formula is C30H38ClN10O7P. The summed E-state index contributed by atoms with van der Waals surface area (Å²) in [4.78, 5) is 62.1. The number of hydrogen-bond donors (Lipinski definition) is 5. The monoisotopic (exact) mass is 716 g/mol. The number of carbonyl (C=O) groups is 2. The maximum Gasteiger partial charge on any atom is 0.343 e. The molecule has 19 heteroatoms. The molecule has 1 unspecified atom stereocenters. The van der Waals surface area contributed by atoms with E-state index in [1.54, 1.807) is 28.9 Å². The number of halogens is 1. The highest BCUT2D eigenvalue weighted by Gasteiger charge is 2.31. The summed E-state index contributed by atoms with van der Waals surface area (Å²) in [5, 5.41) is 11.6. The van der Waals surface area contributed by atoms with Crippen molar-refractivity contribution in [2.75, 3.05) is 36.6 Å². The zero-order valence-corrected chi connectivity index (χ0v) is 28.4. The summed E-state index contributed by atoms with van der Waals surface area (Å²) < 4.78 is 26.6. The van der Waals surface area contributed by atoms with E-state index in [2.05, 4.69) is 40.8 Å². The fraction of sp³-hybridized carbons (Fsp3) is 0.400. The standard InChI is InChI=1S/C30H38ClN10O7P/c1-2-14-41(15-12-31)49(46,47-19-24-10-11-25(40-45)48-24)35-13-4-3-5-22(18-42)37-28(43)20-6-8-21(9-7-20)33-16-23-17-34-27-26(36-23)29(44)39-30(32)38-27/h6-11,17-18,22,33H,2-5,12-16,19H2,1H3,(H,35,46)(H,37,43)(H3,32,34,38,39,44)/t22-,49?/m0/s1. The largest absolute Gasteiger partial charge is 0.438 e. The number of nitroso groups, excluding NO2 is 1. The first kappa shape index (κ1) is 37.3. The number of rotatable bonds is 21. The summed E-state index contributed by atoms with van der Waals surface area (Å²) in [6, 6.07) is 8.84. The van der Waals surface area contributed by atoms with Crippen LogP contribution in [0.3, 0.4) is 0 Å².